The molecule has 0 aliphatic rings. The SMILES string of the molecule is COc1ccc(N(CCCC(=O)O)C(=O)c2ccc(Cl)cc2)cc1.[H-].[Na+]. The molecule has 0 aliphatic heterocycles. The molecule has 1 N–H and O–H groups in total. The van der Waals surface area contributed by atoms with Crippen LogP contribution in [0.4, 0.5) is 5.69 Å². The van der Waals surface area contributed by atoms with Crippen molar-refractivity contribution in [2.75, 3.05) is 18.6 Å². The molecule has 0 aliphatic carbocycles. The van der Waals surface area contributed by atoms with Crippen molar-refractivity contribution in [3.8, 4) is 5.75 Å². The minimum atomic E-state index is -0.886. The van der Waals surface area contributed by atoms with Crippen LogP contribution >= 0.6 is 11.6 Å². The molecule has 128 valence electrons. The van der Waals surface area contributed by atoms with Gasteiger partial charge in [-0.1, -0.05) is 11.6 Å². The van der Waals surface area contributed by atoms with E-state index in [1.54, 1.807) is 60.5 Å². The van der Waals surface area contributed by atoms with Crippen molar-refractivity contribution in [2.45, 2.75) is 12.8 Å². The second-order valence-corrected chi connectivity index (χ2v) is 5.60. The number of nitrogens with zero attached hydrogens (tertiary/aromatic N) is 1. The topological polar surface area (TPSA) is 66.8 Å². The third-order valence-electron chi connectivity index (χ3n) is 3.49. The summed E-state index contributed by atoms with van der Waals surface area (Å²) in [6, 6.07) is 13.7. The Hall–Kier alpha value is -1.53. The van der Waals surface area contributed by atoms with E-state index in [-0.39, 0.29) is 43.3 Å². The van der Waals surface area contributed by atoms with Gasteiger partial charge in [-0.2, -0.15) is 0 Å². The molecule has 1 amide bonds. The minimum Gasteiger partial charge on any atom is -1.00 e. The van der Waals surface area contributed by atoms with Crippen molar-refractivity contribution in [1.29, 1.82) is 0 Å². The number of benzene rings is 2. The zero-order valence-corrected chi connectivity index (χ0v) is 17.0. The minimum absolute atomic E-state index is 0. The molecule has 0 fully saturated rings. The van der Waals surface area contributed by atoms with Gasteiger partial charge in [-0.25, -0.2) is 0 Å². The summed E-state index contributed by atoms with van der Waals surface area (Å²) in [6.45, 7) is 0.306. The zero-order valence-electron chi connectivity index (χ0n) is 15.2. The van der Waals surface area contributed by atoms with Gasteiger partial charge >= 0.3 is 35.5 Å². The number of carboxylic acids is 1. The Labute approximate surface area is 175 Å². The Morgan fingerprint density at radius 1 is 1.12 bits per heavy atom. The molecule has 0 saturated carbocycles. The number of halogens is 1. The van der Waals surface area contributed by atoms with E-state index >= 15 is 0 Å². The van der Waals surface area contributed by atoms with Gasteiger partial charge < -0.3 is 16.2 Å². The number of carboxylic acid groups (broad SMARTS) is 1. The van der Waals surface area contributed by atoms with Crippen LogP contribution in [0, 0.1) is 0 Å². The Kier molecular flexibility index (Phi) is 9.00. The molecule has 0 unspecified atom stereocenters. The molecule has 2 aromatic rings. The molecule has 7 heteroatoms. The van der Waals surface area contributed by atoms with Crippen molar-refractivity contribution in [1.82, 2.24) is 0 Å². The van der Waals surface area contributed by atoms with Crippen LogP contribution in [0.5, 0.6) is 5.75 Å². The molecule has 0 heterocycles. The fraction of sp³-hybridized carbons (Fsp3) is 0.222. The average molecular weight is 372 g/mol. The number of carbonyl (C=O) groups is 2. The number of aliphatic carboxylic acids is 1. The third kappa shape index (κ3) is 6.36. The maximum Gasteiger partial charge on any atom is 1.00 e. The second-order valence-electron chi connectivity index (χ2n) is 5.16. The largest absolute Gasteiger partial charge is 1.00 e. The number of carbonyl (C=O) groups excluding carboxylic acids is 1. The maximum absolute atomic E-state index is 12.8. The molecular formula is C18H19ClNNaO4. The van der Waals surface area contributed by atoms with Crippen LogP contribution in [-0.4, -0.2) is 30.6 Å². The van der Waals surface area contributed by atoms with E-state index < -0.39 is 5.97 Å². The van der Waals surface area contributed by atoms with Crippen LogP contribution in [0.1, 0.15) is 24.6 Å². The first-order valence-electron chi connectivity index (χ1n) is 7.44. The molecule has 2 aromatic carbocycles. The Morgan fingerprint density at radius 3 is 2.24 bits per heavy atom. The van der Waals surface area contributed by atoms with Crippen molar-refractivity contribution in [2.24, 2.45) is 0 Å². The molecule has 0 saturated heterocycles. The van der Waals surface area contributed by atoms with Gasteiger partial charge in [0, 0.05) is 29.2 Å². The normalized spacial score (nSPS) is 9.84. The van der Waals surface area contributed by atoms with Gasteiger partial charge in [0.05, 0.1) is 7.11 Å². The summed E-state index contributed by atoms with van der Waals surface area (Å²) in [6.07, 6.45) is 0.362. The van der Waals surface area contributed by atoms with E-state index in [1.165, 1.54) is 0 Å². The summed E-state index contributed by atoms with van der Waals surface area (Å²) < 4.78 is 5.12. The predicted molar refractivity (Wildman–Crippen MR) is 94.1 cm³/mol. The summed E-state index contributed by atoms with van der Waals surface area (Å²) in [7, 11) is 1.57. The van der Waals surface area contributed by atoms with Crippen LogP contribution in [0.25, 0.3) is 0 Å². The molecular weight excluding hydrogens is 353 g/mol. The number of anilines is 1. The number of amides is 1. The monoisotopic (exact) mass is 371 g/mol. The van der Waals surface area contributed by atoms with Crippen LogP contribution in [0.3, 0.4) is 0 Å². The summed E-state index contributed by atoms with van der Waals surface area (Å²) in [4.78, 5) is 25.1. The van der Waals surface area contributed by atoms with Crippen LogP contribution in [0.15, 0.2) is 48.5 Å². The molecule has 5 nitrogen and oxygen atoms in total. The number of hydrogen-bond acceptors (Lipinski definition) is 3. The first-order chi connectivity index (χ1) is 11.5. The Bertz CT molecular complexity index is 710. The molecule has 0 radical (unpaired) electrons. The van der Waals surface area contributed by atoms with E-state index in [0.717, 1.165) is 0 Å². The molecule has 2 rings (SSSR count). The van der Waals surface area contributed by atoms with E-state index in [9.17, 15) is 9.59 Å². The standard InChI is InChI=1S/C18H18ClNO4.Na.H/c1-24-16-10-8-15(9-11-16)20(12-2-3-17(21)22)18(23)13-4-6-14(19)7-5-13;;/h4-11H,2-3,12H2,1H3,(H,21,22);;/q;+1;-1. The van der Waals surface area contributed by atoms with E-state index in [4.69, 9.17) is 21.4 Å². The summed E-state index contributed by atoms with van der Waals surface area (Å²) in [5.41, 5.74) is 1.17. The number of rotatable bonds is 7. The van der Waals surface area contributed by atoms with Crippen molar-refractivity contribution < 1.29 is 50.4 Å². The summed E-state index contributed by atoms with van der Waals surface area (Å²) in [5, 5.41) is 9.37. The van der Waals surface area contributed by atoms with Crippen LogP contribution < -0.4 is 39.2 Å². The number of ether oxygens (including phenoxy) is 1. The van der Waals surface area contributed by atoms with Gasteiger partial charge in [-0.05, 0) is 55.0 Å². The van der Waals surface area contributed by atoms with Crippen molar-refractivity contribution >= 4 is 29.2 Å². The molecule has 0 atom stereocenters. The van der Waals surface area contributed by atoms with Crippen LogP contribution in [-0.2, 0) is 4.79 Å². The fourth-order valence-corrected chi connectivity index (χ4v) is 2.37. The van der Waals surface area contributed by atoms with E-state index in [2.05, 4.69) is 0 Å². The Morgan fingerprint density at radius 2 is 1.72 bits per heavy atom. The summed E-state index contributed by atoms with van der Waals surface area (Å²) in [5.74, 6) is -0.408. The van der Waals surface area contributed by atoms with Gasteiger partial charge in [0.1, 0.15) is 5.75 Å². The first kappa shape index (κ1) is 21.5. The molecule has 25 heavy (non-hydrogen) atoms. The average Bonchev–Trinajstić information content (AvgIpc) is 2.59. The number of hydrogen-bond donors (Lipinski definition) is 1. The van der Waals surface area contributed by atoms with E-state index in [1.807, 2.05) is 0 Å². The van der Waals surface area contributed by atoms with Gasteiger partial charge in [0.2, 0.25) is 0 Å². The second kappa shape index (κ2) is 10.5. The smallest absolute Gasteiger partial charge is 1.00 e. The van der Waals surface area contributed by atoms with Gasteiger partial charge in [0.25, 0.3) is 5.91 Å². The van der Waals surface area contributed by atoms with Gasteiger partial charge in [-0.15, -0.1) is 0 Å². The number of methoxy groups -OCH3 is 1. The van der Waals surface area contributed by atoms with Crippen LogP contribution in [0.2, 0.25) is 5.02 Å². The zero-order chi connectivity index (χ0) is 17.5. The van der Waals surface area contributed by atoms with Crippen molar-refractivity contribution in [3.05, 3.63) is 59.1 Å². The van der Waals surface area contributed by atoms with Gasteiger partial charge in [-0.3, -0.25) is 9.59 Å². The molecule has 0 bridgehead atoms. The first-order valence-corrected chi connectivity index (χ1v) is 7.82. The van der Waals surface area contributed by atoms with E-state index in [0.29, 0.717) is 35.0 Å². The fourth-order valence-electron chi connectivity index (χ4n) is 2.25. The molecule has 0 aromatic heterocycles. The Balaban J connectivity index is 0.00000312. The third-order valence-corrected chi connectivity index (χ3v) is 3.74. The maximum atomic E-state index is 12.8. The van der Waals surface area contributed by atoms with Crippen molar-refractivity contribution in [3.63, 3.8) is 0 Å². The quantitative estimate of drug-likeness (QED) is 0.737. The predicted octanol–water partition coefficient (Wildman–Crippen LogP) is 0.977. The summed E-state index contributed by atoms with van der Waals surface area (Å²) >= 11 is 5.86. The van der Waals surface area contributed by atoms with Gasteiger partial charge in [0.15, 0.2) is 0 Å². The molecule has 0 spiro atoms.